The summed E-state index contributed by atoms with van der Waals surface area (Å²) in [4.78, 5) is 0. The van der Waals surface area contributed by atoms with Crippen molar-refractivity contribution in [2.75, 3.05) is 0 Å². The van der Waals surface area contributed by atoms with Gasteiger partial charge in [0.25, 0.3) is 0 Å². The summed E-state index contributed by atoms with van der Waals surface area (Å²) in [5.41, 5.74) is 3.48. The van der Waals surface area contributed by atoms with Gasteiger partial charge in [-0.3, -0.25) is 0 Å². The molecule has 106 valence electrons. The molecule has 0 fully saturated rings. The molecule has 1 rings (SSSR count). The fourth-order valence-electron chi connectivity index (χ4n) is 2.40. The van der Waals surface area contributed by atoms with E-state index >= 15 is 0 Å². The van der Waals surface area contributed by atoms with Gasteiger partial charge in [0, 0.05) is 0 Å². The fourth-order valence-corrected chi connectivity index (χ4v) is 2.76. The summed E-state index contributed by atoms with van der Waals surface area (Å²) >= 11 is 6.45. The van der Waals surface area contributed by atoms with E-state index in [2.05, 4.69) is 39.8 Å². The number of halogens is 1. The number of rotatable bonds is 5. The molecular formula is C17H21ClN2. The van der Waals surface area contributed by atoms with E-state index in [1.165, 1.54) is 0 Å². The maximum atomic E-state index is 9.39. The molecule has 1 aromatic carbocycles. The maximum absolute atomic E-state index is 9.39. The number of nitriles is 2. The number of benzene rings is 1. The maximum Gasteiger partial charge on any atom is 0.101 e. The first-order chi connectivity index (χ1) is 9.40. The first-order valence-electron chi connectivity index (χ1n) is 7.00. The topological polar surface area (TPSA) is 47.6 Å². The molecule has 0 saturated carbocycles. The Hall–Kier alpha value is -1.51. The molecule has 0 atom stereocenters. The van der Waals surface area contributed by atoms with Crippen LogP contribution in [0.25, 0.3) is 0 Å². The van der Waals surface area contributed by atoms with Crippen LogP contribution in [0.3, 0.4) is 0 Å². The minimum absolute atomic E-state index is 0.346. The van der Waals surface area contributed by atoms with E-state index in [9.17, 15) is 5.26 Å². The zero-order valence-electron chi connectivity index (χ0n) is 12.6. The molecule has 0 aliphatic carbocycles. The predicted molar refractivity (Wildman–Crippen MR) is 82.6 cm³/mol. The second kappa shape index (κ2) is 7.32. The van der Waals surface area contributed by atoms with Crippen LogP contribution < -0.4 is 0 Å². The molecule has 0 bridgehead atoms. The molecule has 0 aliphatic heterocycles. The van der Waals surface area contributed by atoms with Gasteiger partial charge in [-0.15, -0.1) is 0 Å². The number of nitrogens with zero attached hydrogens (tertiary/aromatic N) is 2. The summed E-state index contributed by atoms with van der Waals surface area (Å²) in [5.74, 6) is 0.886. The smallest absolute Gasteiger partial charge is 0.101 e. The third kappa shape index (κ3) is 3.99. The lowest BCUT2D eigenvalue weighted by atomic mass is 9.89. The van der Waals surface area contributed by atoms with Crippen LogP contribution in [0, 0.1) is 34.5 Å². The van der Waals surface area contributed by atoms with E-state index in [0.717, 1.165) is 29.5 Å². The van der Waals surface area contributed by atoms with Crippen LogP contribution in [0.5, 0.6) is 0 Å². The molecule has 20 heavy (non-hydrogen) atoms. The Morgan fingerprint density at radius 3 is 2.10 bits per heavy atom. The summed E-state index contributed by atoms with van der Waals surface area (Å²) in [6.45, 7) is 8.45. The monoisotopic (exact) mass is 288 g/mol. The van der Waals surface area contributed by atoms with Gasteiger partial charge in [-0.1, -0.05) is 45.4 Å². The van der Waals surface area contributed by atoms with Crippen molar-refractivity contribution in [3.05, 3.63) is 33.3 Å². The Labute approximate surface area is 127 Å². The van der Waals surface area contributed by atoms with Gasteiger partial charge in [0.05, 0.1) is 23.1 Å². The van der Waals surface area contributed by atoms with Gasteiger partial charge in [-0.05, 0) is 41.4 Å². The average Bonchev–Trinajstić information content (AvgIpc) is 2.33. The van der Waals surface area contributed by atoms with Crippen LogP contribution in [0.1, 0.15) is 49.9 Å². The fraction of sp³-hybridized carbons (Fsp3) is 0.529. The van der Waals surface area contributed by atoms with Crippen LogP contribution in [0.15, 0.2) is 6.07 Å². The van der Waals surface area contributed by atoms with Crippen LogP contribution in [0.4, 0.5) is 0 Å². The summed E-state index contributed by atoms with van der Waals surface area (Å²) in [6.07, 6.45) is 1.95. The highest BCUT2D eigenvalue weighted by atomic mass is 35.5. The van der Waals surface area contributed by atoms with E-state index < -0.39 is 0 Å². The highest BCUT2D eigenvalue weighted by molar-refractivity contribution is 6.32. The van der Waals surface area contributed by atoms with Gasteiger partial charge in [-0.25, -0.2) is 0 Å². The van der Waals surface area contributed by atoms with Crippen molar-refractivity contribution >= 4 is 11.6 Å². The highest BCUT2D eigenvalue weighted by Crippen LogP contribution is 2.31. The minimum Gasteiger partial charge on any atom is -0.198 e. The zero-order valence-corrected chi connectivity index (χ0v) is 13.4. The molecule has 3 heteroatoms. The Bertz CT molecular complexity index is 560. The van der Waals surface area contributed by atoms with Gasteiger partial charge in [-0.2, -0.15) is 10.5 Å². The second-order valence-corrected chi connectivity index (χ2v) is 6.38. The van der Waals surface area contributed by atoms with Crippen molar-refractivity contribution in [2.24, 2.45) is 11.8 Å². The lowest BCUT2D eigenvalue weighted by Gasteiger charge is -2.17. The Balaban J connectivity index is 3.45. The van der Waals surface area contributed by atoms with Gasteiger partial charge < -0.3 is 0 Å². The van der Waals surface area contributed by atoms with Crippen LogP contribution in [0.2, 0.25) is 5.02 Å². The summed E-state index contributed by atoms with van der Waals surface area (Å²) in [7, 11) is 0. The lowest BCUT2D eigenvalue weighted by Crippen LogP contribution is -2.06. The molecular weight excluding hydrogens is 268 g/mol. The molecule has 0 heterocycles. The number of hydrogen-bond donors (Lipinski definition) is 0. The molecule has 0 amide bonds. The molecule has 2 nitrogen and oxygen atoms in total. The zero-order chi connectivity index (χ0) is 15.3. The first kappa shape index (κ1) is 16.5. The van der Waals surface area contributed by atoms with E-state index in [4.69, 9.17) is 16.9 Å². The van der Waals surface area contributed by atoms with Crippen molar-refractivity contribution in [3.63, 3.8) is 0 Å². The van der Waals surface area contributed by atoms with E-state index in [0.29, 0.717) is 28.8 Å². The van der Waals surface area contributed by atoms with E-state index in [-0.39, 0.29) is 0 Å². The minimum atomic E-state index is 0.346. The first-order valence-corrected chi connectivity index (χ1v) is 7.38. The van der Waals surface area contributed by atoms with E-state index in [1.807, 2.05) is 6.07 Å². The normalized spacial score (nSPS) is 10.7. The van der Waals surface area contributed by atoms with Crippen molar-refractivity contribution < 1.29 is 0 Å². The molecule has 1 aromatic rings. The Morgan fingerprint density at radius 2 is 1.65 bits per heavy atom. The highest BCUT2D eigenvalue weighted by Gasteiger charge is 2.18. The molecule has 0 N–H and O–H groups in total. The molecule has 0 saturated heterocycles. The molecule has 0 radical (unpaired) electrons. The Morgan fingerprint density at radius 1 is 1.05 bits per heavy atom. The molecule has 0 spiro atoms. The van der Waals surface area contributed by atoms with Crippen molar-refractivity contribution in [1.82, 2.24) is 0 Å². The van der Waals surface area contributed by atoms with E-state index in [1.54, 1.807) is 0 Å². The molecule has 0 aromatic heterocycles. The van der Waals surface area contributed by atoms with Gasteiger partial charge in [0.15, 0.2) is 0 Å². The SMILES string of the molecule is CC(C)Cc1cc(CC#N)c(CC(C)C)c(Cl)c1C#N. The van der Waals surface area contributed by atoms with Crippen molar-refractivity contribution in [3.8, 4) is 12.1 Å². The lowest BCUT2D eigenvalue weighted by molar-refractivity contribution is 0.636. The van der Waals surface area contributed by atoms with Crippen molar-refractivity contribution in [1.29, 1.82) is 10.5 Å². The van der Waals surface area contributed by atoms with Crippen molar-refractivity contribution in [2.45, 2.75) is 47.0 Å². The summed E-state index contributed by atoms with van der Waals surface area (Å²) in [6, 6.07) is 6.44. The predicted octanol–water partition coefficient (Wildman–Crippen LogP) is 4.67. The van der Waals surface area contributed by atoms with Crippen LogP contribution in [-0.2, 0) is 19.3 Å². The third-order valence-corrected chi connectivity index (χ3v) is 3.58. The third-order valence-electron chi connectivity index (χ3n) is 3.16. The second-order valence-electron chi connectivity index (χ2n) is 6.00. The average molecular weight is 289 g/mol. The van der Waals surface area contributed by atoms with Crippen LogP contribution >= 0.6 is 11.6 Å². The standard InChI is InChI=1S/C17H21ClN2/c1-11(2)7-14-9-13(5-6-19)15(8-12(3)4)17(18)16(14)10-20/h9,11-12H,5,7-8H2,1-4H3. The summed E-state index contributed by atoms with van der Waals surface area (Å²) < 4.78 is 0. The largest absolute Gasteiger partial charge is 0.198 e. The van der Waals surface area contributed by atoms with Gasteiger partial charge >= 0.3 is 0 Å². The molecule has 0 aliphatic rings. The van der Waals surface area contributed by atoms with Gasteiger partial charge in [0.2, 0.25) is 0 Å². The Kier molecular flexibility index (Phi) is 6.05. The van der Waals surface area contributed by atoms with Gasteiger partial charge in [0.1, 0.15) is 6.07 Å². The number of hydrogen-bond acceptors (Lipinski definition) is 2. The quantitative estimate of drug-likeness (QED) is 0.790. The van der Waals surface area contributed by atoms with Crippen LogP contribution in [-0.4, -0.2) is 0 Å². The summed E-state index contributed by atoms with van der Waals surface area (Å²) in [5, 5.41) is 18.9. The molecule has 0 unspecified atom stereocenters.